The van der Waals surface area contributed by atoms with E-state index in [0.29, 0.717) is 12.5 Å². The summed E-state index contributed by atoms with van der Waals surface area (Å²) in [6, 6.07) is 6.16. The molecule has 1 aromatic rings. The van der Waals surface area contributed by atoms with E-state index in [0.717, 1.165) is 30.6 Å². The Kier molecular flexibility index (Phi) is 6.57. The molecule has 0 aliphatic heterocycles. The summed E-state index contributed by atoms with van der Waals surface area (Å²) in [6.45, 7) is 9.74. The number of amides is 1. The normalized spacial score (nSPS) is 10.8. The molecule has 0 saturated heterocycles. The fraction of sp³-hybridized carbons (Fsp3) is 0.562. The Hall–Kier alpha value is -1.35. The monoisotopic (exact) mass is 262 g/mol. The van der Waals surface area contributed by atoms with Crippen molar-refractivity contribution in [1.82, 2.24) is 5.32 Å². The third kappa shape index (κ3) is 5.03. The highest BCUT2D eigenvalue weighted by atomic mass is 16.1. The van der Waals surface area contributed by atoms with Gasteiger partial charge in [-0.05, 0) is 36.9 Å². The molecule has 2 N–H and O–H groups in total. The van der Waals surface area contributed by atoms with Crippen molar-refractivity contribution in [3.8, 4) is 0 Å². The minimum atomic E-state index is 0.0345. The first kappa shape index (κ1) is 15.7. The Morgan fingerprint density at radius 3 is 2.68 bits per heavy atom. The molecule has 3 heteroatoms. The van der Waals surface area contributed by atoms with E-state index in [2.05, 4.69) is 37.5 Å². The molecule has 0 aliphatic carbocycles. The largest absolute Gasteiger partial charge is 0.324 e. The summed E-state index contributed by atoms with van der Waals surface area (Å²) in [6.07, 6.45) is 2.25. The summed E-state index contributed by atoms with van der Waals surface area (Å²) in [5, 5.41) is 6.20. The predicted octanol–water partition coefficient (Wildman–Crippen LogP) is 3.45. The van der Waals surface area contributed by atoms with Crippen molar-refractivity contribution >= 4 is 11.6 Å². The molecule has 0 fully saturated rings. The van der Waals surface area contributed by atoms with Crippen LogP contribution in [0, 0.1) is 6.92 Å². The summed E-state index contributed by atoms with van der Waals surface area (Å²) >= 11 is 0. The van der Waals surface area contributed by atoms with Gasteiger partial charge in [-0.1, -0.05) is 45.4 Å². The summed E-state index contributed by atoms with van der Waals surface area (Å²) in [5.74, 6) is 0.440. The second kappa shape index (κ2) is 7.95. The molecule has 106 valence electrons. The van der Waals surface area contributed by atoms with Gasteiger partial charge in [-0.2, -0.15) is 0 Å². The van der Waals surface area contributed by atoms with Gasteiger partial charge in [-0.25, -0.2) is 0 Å². The second-order valence-electron chi connectivity index (χ2n) is 5.27. The molecule has 0 aromatic heterocycles. The van der Waals surface area contributed by atoms with Crippen molar-refractivity contribution < 1.29 is 4.79 Å². The number of aryl methyl sites for hydroxylation is 1. The average molecular weight is 262 g/mol. The number of carbonyl (C=O) groups excluding carboxylic acids is 1. The maximum Gasteiger partial charge on any atom is 0.238 e. The summed E-state index contributed by atoms with van der Waals surface area (Å²) in [4.78, 5) is 11.9. The highest BCUT2D eigenvalue weighted by Crippen LogP contribution is 2.27. The second-order valence-corrected chi connectivity index (χ2v) is 5.27. The van der Waals surface area contributed by atoms with Crippen LogP contribution in [0.15, 0.2) is 18.2 Å². The van der Waals surface area contributed by atoms with Crippen LogP contribution in [0.25, 0.3) is 0 Å². The van der Waals surface area contributed by atoms with Gasteiger partial charge in [0, 0.05) is 5.69 Å². The zero-order valence-corrected chi connectivity index (χ0v) is 12.5. The molecule has 0 bridgehead atoms. The standard InChI is InChI=1S/C16H26N2O/c1-5-6-10-17-11-15(19)18-16-13(4)8-7-9-14(16)12(2)3/h7-9,12,17H,5-6,10-11H2,1-4H3,(H,18,19). The molecule has 0 aliphatic rings. The predicted molar refractivity (Wildman–Crippen MR) is 81.7 cm³/mol. The lowest BCUT2D eigenvalue weighted by Gasteiger charge is -2.16. The van der Waals surface area contributed by atoms with Crippen molar-refractivity contribution in [3.05, 3.63) is 29.3 Å². The summed E-state index contributed by atoms with van der Waals surface area (Å²) in [5.41, 5.74) is 3.29. The first-order chi connectivity index (χ1) is 9.06. The zero-order valence-electron chi connectivity index (χ0n) is 12.5. The number of hydrogen-bond acceptors (Lipinski definition) is 2. The number of unbranched alkanes of at least 4 members (excludes halogenated alkanes) is 1. The van der Waals surface area contributed by atoms with Crippen molar-refractivity contribution in [3.63, 3.8) is 0 Å². The smallest absolute Gasteiger partial charge is 0.238 e. The van der Waals surface area contributed by atoms with E-state index in [1.54, 1.807) is 0 Å². The average Bonchev–Trinajstić information content (AvgIpc) is 2.37. The van der Waals surface area contributed by atoms with Crippen molar-refractivity contribution in [2.75, 3.05) is 18.4 Å². The Balaban J connectivity index is 2.63. The topological polar surface area (TPSA) is 41.1 Å². The molecule has 0 saturated carbocycles. The van der Waals surface area contributed by atoms with E-state index >= 15 is 0 Å². The molecule has 1 amide bonds. The van der Waals surface area contributed by atoms with Crippen molar-refractivity contribution in [1.29, 1.82) is 0 Å². The van der Waals surface area contributed by atoms with E-state index in [9.17, 15) is 4.79 Å². The van der Waals surface area contributed by atoms with Crippen molar-refractivity contribution in [2.24, 2.45) is 0 Å². The molecule has 1 aromatic carbocycles. The minimum absolute atomic E-state index is 0.0345. The van der Waals surface area contributed by atoms with Crippen LogP contribution in [-0.2, 0) is 4.79 Å². The summed E-state index contributed by atoms with van der Waals surface area (Å²) in [7, 11) is 0. The van der Waals surface area contributed by atoms with Crippen LogP contribution in [0.4, 0.5) is 5.69 Å². The Morgan fingerprint density at radius 2 is 2.05 bits per heavy atom. The Morgan fingerprint density at radius 1 is 1.32 bits per heavy atom. The number of rotatable bonds is 7. The highest BCUT2D eigenvalue weighted by molar-refractivity contribution is 5.93. The molecule has 3 nitrogen and oxygen atoms in total. The number of para-hydroxylation sites is 1. The molecule has 19 heavy (non-hydrogen) atoms. The van der Waals surface area contributed by atoms with Gasteiger partial charge in [0.15, 0.2) is 0 Å². The van der Waals surface area contributed by atoms with Crippen LogP contribution in [0.3, 0.4) is 0 Å². The van der Waals surface area contributed by atoms with Crippen LogP contribution in [0.1, 0.15) is 50.7 Å². The molecule has 0 radical (unpaired) electrons. The molecule has 1 rings (SSSR count). The van der Waals surface area contributed by atoms with E-state index in [4.69, 9.17) is 0 Å². The molecule has 0 unspecified atom stereocenters. The number of benzene rings is 1. The fourth-order valence-electron chi connectivity index (χ4n) is 2.03. The Bertz CT molecular complexity index is 413. The lowest BCUT2D eigenvalue weighted by molar-refractivity contribution is -0.115. The van der Waals surface area contributed by atoms with Gasteiger partial charge in [-0.3, -0.25) is 4.79 Å². The maximum absolute atomic E-state index is 11.9. The van der Waals surface area contributed by atoms with Gasteiger partial charge < -0.3 is 10.6 Å². The van der Waals surface area contributed by atoms with Gasteiger partial charge in [0.1, 0.15) is 0 Å². The van der Waals surface area contributed by atoms with E-state index in [1.165, 1.54) is 5.56 Å². The number of carbonyl (C=O) groups is 1. The lowest BCUT2D eigenvalue weighted by atomic mass is 9.98. The third-order valence-electron chi connectivity index (χ3n) is 3.18. The van der Waals surface area contributed by atoms with Crippen LogP contribution < -0.4 is 10.6 Å². The van der Waals surface area contributed by atoms with Crippen LogP contribution >= 0.6 is 0 Å². The van der Waals surface area contributed by atoms with Gasteiger partial charge in [0.2, 0.25) is 5.91 Å². The number of hydrogen-bond donors (Lipinski definition) is 2. The maximum atomic E-state index is 11.9. The van der Waals surface area contributed by atoms with E-state index < -0.39 is 0 Å². The molecule has 0 heterocycles. The first-order valence-corrected chi connectivity index (χ1v) is 7.16. The fourth-order valence-corrected chi connectivity index (χ4v) is 2.03. The molecule has 0 atom stereocenters. The van der Waals surface area contributed by atoms with E-state index in [-0.39, 0.29) is 5.91 Å². The first-order valence-electron chi connectivity index (χ1n) is 7.16. The number of anilines is 1. The zero-order chi connectivity index (χ0) is 14.3. The van der Waals surface area contributed by atoms with Gasteiger partial charge in [0.25, 0.3) is 0 Å². The number of nitrogens with one attached hydrogen (secondary N) is 2. The van der Waals surface area contributed by atoms with Crippen LogP contribution in [0.2, 0.25) is 0 Å². The quantitative estimate of drug-likeness (QED) is 0.739. The minimum Gasteiger partial charge on any atom is -0.324 e. The highest BCUT2D eigenvalue weighted by Gasteiger charge is 2.11. The van der Waals surface area contributed by atoms with Crippen LogP contribution in [0.5, 0.6) is 0 Å². The molecule has 0 spiro atoms. The third-order valence-corrected chi connectivity index (χ3v) is 3.18. The summed E-state index contributed by atoms with van der Waals surface area (Å²) < 4.78 is 0. The van der Waals surface area contributed by atoms with Crippen LogP contribution in [-0.4, -0.2) is 19.0 Å². The molecular formula is C16H26N2O. The van der Waals surface area contributed by atoms with Gasteiger partial charge in [-0.15, -0.1) is 0 Å². The van der Waals surface area contributed by atoms with Gasteiger partial charge in [0.05, 0.1) is 6.54 Å². The lowest BCUT2D eigenvalue weighted by Crippen LogP contribution is -2.29. The van der Waals surface area contributed by atoms with Gasteiger partial charge >= 0.3 is 0 Å². The Labute approximate surface area is 116 Å². The SMILES string of the molecule is CCCCNCC(=O)Nc1c(C)cccc1C(C)C. The van der Waals surface area contributed by atoms with E-state index in [1.807, 2.05) is 19.1 Å². The van der Waals surface area contributed by atoms with Crippen molar-refractivity contribution in [2.45, 2.75) is 46.5 Å². The molecular weight excluding hydrogens is 236 g/mol.